The number of hydrogen-bond acceptors (Lipinski definition) is 5. The summed E-state index contributed by atoms with van der Waals surface area (Å²) in [6.07, 6.45) is 3.24. The van der Waals surface area contributed by atoms with Crippen LogP contribution in [0.2, 0.25) is 0 Å². The number of H-pyrrole nitrogens is 2. The lowest BCUT2D eigenvalue weighted by Crippen LogP contribution is -2.24. The van der Waals surface area contributed by atoms with Gasteiger partial charge in [0.1, 0.15) is 11.2 Å². The third-order valence-corrected chi connectivity index (χ3v) is 4.39. The zero-order chi connectivity index (χ0) is 19.0. The Hall–Kier alpha value is -3.16. The molecule has 3 aromatic heterocycles. The van der Waals surface area contributed by atoms with E-state index in [9.17, 15) is 4.79 Å². The number of para-hydroxylation sites is 2. The largest absolute Gasteiger partial charge is 0.356 e. The molecule has 8 nitrogen and oxygen atoms in total. The second-order valence-electron chi connectivity index (χ2n) is 7.61. The molecule has 0 spiro atoms. The smallest absolute Gasteiger partial charge is 0.263 e. The van der Waals surface area contributed by atoms with Crippen LogP contribution in [0.4, 0.5) is 5.95 Å². The molecule has 1 aromatic carbocycles. The van der Waals surface area contributed by atoms with E-state index < -0.39 is 0 Å². The fourth-order valence-electron chi connectivity index (χ4n) is 3.08. The highest BCUT2D eigenvalue weighted by molar-refractivity contribution is 5.75. The van der Waals surface area contributed by atoms with Crippen molar-refractivity contribution >= 4 is 28.0 Å². The number of aromatic amines is 2. The summed E-state index contributed by atoms with van der Waals surface area (Å²) in [6.45, 7) is 6.77. The number of hydrogen-bond donors (Lipinski definition) is 3. The summed E-state index contributed by atoms with van der Waals surface area (Å²) in [4.78, 5) is 27.5. The van der Waals surface area contributed by atoms with E-state index in [1.54, 1.807) is 10.9 Å². The van der Waals surface area contributed by atoms with Crippen LogP contribution in [-0.2, 0) is 12.0 Å². The molecule has 0 saturated carbocycles. The second kappa shape index (κ2) is 6.53. The van der Waals surface area contributed by atoms with Crippen molar-refractivity contribution in [3.05, 3.63) is 46.6 Å². The summed E-state index contributed by atoms with van der Waals surface area (Å²) >= 11 is 0. The first kappa shape index (κ1) is 17.3. The third kappa shape index (κ3) is 3.42. The molecule has 3 N–H and O–H groups in total. The van der Waals surface area contributed by atoms with Crippen molar-refractivity contribution in [3.63, 3.8) is 0 Å². The predicted molar refractivity (Wildman–Crippen MR) is 106 cm³/mol. The van der Waals surface area contributed by atoms with Crippen LogP contribution in [0.15, 0.2) is 35.3 Å². The van der Waals surface area contributed by atoms with Crippen molar-refractivity contribution in [1.82, 2.24) is 29.7 Å². The van der Waals surface area contributed by atoms with Gasteiger partial charge in [0, 0.05) is 13.0 Å². The van der Waals surface area contributed by atoms with Crippen molar-refractivity contribution in [2.24, 2.45) is 0 Å². The quantitative estimate of drug-likeness (QED) is 0.472. The van der Waals surface area contributed by atoms with Gasteiger partial charge in [-0.3, -0.25) is 9.78 Å². The van der Waals surface area contributed by atoms with E-state index in [4.69, 9.17) is 0 Å². The fourth-order valence-corrected chi connectivity index (χ4v) is 3.08. The molecule has 0 aliphatic rings. The van der Waals surface area contributed by atoms with Crippen molar-refractivity contribution in [2.75, 3.05) is 11.9 Å². The van der Waals surface area contributed by atoms with Gasteiger partial charge in [0.15, 0.2) is 5.65 Å². The SMILES string of the molecule is CC(C)(C)n1ncc2c(=O)[nH]c(NCCCc3nc4ccccc4[nH]3)nc21. The Morgan fingerprint density at radius 2 is 1.96 bits per heavy atom. The van der Waals surface area contributed by atoms with Crippen LogP contribution < -0.4 is 10.9 Å². The molecule has 0 radical (unpaired) electrons. The van der Waals surface area contributed by atoms with E-state index in [0.29, 0.717) is 23.5 Å². The maximum atomic E-state index is 12.3. The summed E-state index contributed by atoms with van der Waals surface area (Å²) in [5.41, 5.74) is 2.18. The highest BCUT2D eigenvalue weighted by Crippen LogP contribution is 2.18. The van der Waals surface area contributed by atoms with Crippen LogP contribution in [0.3, 0.4) is 0 Å². The van der Waals surface area contributed by atoms with Crippen LogP contribution in [0.5, 0.6) is 0 Å². The van der Waals surface area contributed by atoms with Crippen molar-refractivity contribution < 1.29 is 0 Å². The number of rotatable bonds is 5. The van der Waals surface area contributed by atoms with Crippen molar-refractivity contribution in [2.45, 2.75) is 39.2 Å². The summed E-state index contributed by atoms with van der Waals surface area (Å²) in [5.74, 6) is 1.42. The molecular weight excluding hydrogens is 342 g/mol. The molecule has 8 heteroatoms. The Bertz CT molecular complexity index is 1110. The van der Waals surface area contributed by atoms with Gasteiger partial charge in [0.05, 0.1) is 22.8 Å². The predicted octanol–water partition coefficient (Wildman–Crippen LogP) is 2.80. The molecule has 0 bridgehead atoms. The van der Waals surface area contributed by atoms with Crippen molar-refractivity contribution in [3.8, 4) is 0 Å². The lowest BCUT2D eigenvalue weighted by atomic mass is 10.1. The maximum Gasteiger partial charge on any atom is 0.263 e. The fraction of sp³-hybridized carbons (Fsp3) is 0.368. The number of fused-ring (bicyclic) bond motifs is 2. The third-order valence-electron chi connectivity index (χ3n) is 4.39. The van der Waals surface area contributed by atoms with Crippen LogP contribution in [0.1, 0.15) is 33.0 Å². The normalized spacial score (nSPS) is 12.1. The maximum absolute atomic E-state index is 12.3. The average molecular weight is 365 g/mol. The average Bonchev–Trinajstić information content (AvgIpc) is 3.22. The first-order chi connectivity index (χ1) is 12.9. The Labute approximate surface area is 156 Å². The Morgan fingerprint density at radius 3 is 2.74 bits per heavy atom. The highest BCUT2D eigenvalue weighted by atomic mass is 16.1. The van der Waals surface area contributed by atoms with Crippen molar-refractivity contribution in [1.29, 1.82) is 0 Å². The molecule has 0 fully saturated rings. The van der Waals surface area contributed by atoms with Gasteiger partial charge in [-0.1, -0.05) is 12.1 Å². The minimum absolute atomic E-state index is 0.185. The van der Waals surface area contributed by atoms with Gasteiger partial charge < -0.3 is 10.3 Å². The summed E-state index contributed by atoms with van der Waals surface area (Å²) in [6, 6.07) is 7.99. The first-order valence-electron chi connectivity index (χ1n) is 9.08. The number of nitrogens with zero attached hydrogens (tertiary/aromatic N) is 4. The Balaban J connectivity index is 1.45. The minimum atomic E-state index is -0.249. The first-order valence-corrected chi connectivity index (χ1v) is 9.08. The van der Waals surface area contributed by atoms with Gasteiger partial charge in [-0.25, -0.2) is 9.67 Å². The van der Waals surface area contributed by atoms with Crippen LogP contribution >= 0.6 is 0 Å². The van der Waals surface area contributed by atoms with E-state index in [1.807, 2.05) is 45.0 Å². The molecule has 0 aliphatic heterocycles. The van der Waals surface area contributed by atoms with E-state index in [0.717, 1.165) is 29.7 Å². The lowest BCUT2D eigenvalue weighted by molar-refractivity contribution is 0.366. The molecule has 0 aliphatic carbocycles. The molecule has 4 rings (SSSR count). The Kier molecular flexibility index (Phi) is 4.18. The number of anilines is 1. The molecule has 0 amide bonds. The molecular formula is C19H23N7O. The zero-order valence-electron chi connectivity index (χ0n) is 15.7. The molecule has 0 unspecified atom stereocenters. The zero-order valence-corrected chi connectivity index (χ0v) is 15.7. The second-order valence-corrected chi connectivity index (χ2v) is 7.61. The molecule has 0 atom stereocenters. The van der Waals surface area contributed by atoms with Gasteiger partial charge in [-0.2, -0.15) is 10.1 Å². The van der Waals surface area contributed by atoms with E-state index >= 15 is 0 Å². The molecule has 140 valence electrons. The number of aromatic nitrogens is 6. The molecule has 4 aromatic rings. The summed E-state index contributed by atoms with van der Waals surface area (Å²) in [7, 11) is 0. The van der Waals surface area contributed by atoms with Crippen LogP contribution in [-0.4, -0.2) is 36.3 Å². The number of imidazole rings is 1. The highest BCUT2D eigenvalue weighted by Gasteiger charge is 2.19. The summed E-state index contributed by atoms with van der Waals surface area (Å²) < 4.78 is 1.77. The van der Waals surface area contributed by atoms with Crippen LogP contribution in [0, 0.1) is 0 Å². The van der Waals surface area contributed by atoms with E-state index in [2.05, 4.69) is 30.4 Å². The van der Waals surface area contributed by atoms with E-state index in [1.165, 1.54) is 0 Å². The Morgan fingerprint density at radius 1 is 1.15 bits per heavy atom. The number of benzene rings is 1. The van der Waals surface area contributed by atoms with Gasteiger partial charge in [0.2, 0.25) is 5.95 Å². The van der Waals surface area contributed by atoms with Crippen LogP contribution in [0.25, 0.3) is 22.1 Å². The molecule has 27 heavy (non-hydrogen) atoms. The standard InChI is InChI=1S/C19H23N7O/c1-19(2,3)26-16-12(11-21-26)17(27)25-18(24-16)20-10-6-9-15-22-13-7-4-5-8-14(13)23-15/h4-5,7-8,11H,6,9-10H2,1-3H3,(H,22,23)(H2,20,24,25,27). The van der Waals surface area contributed by atoms with Gasteiger partial charge in [-0.05, 0) is 39.3 Å². The van der Waals surface area contributed by atoms with Gasteiger partial charge >= 0.3 is 0 Å². The summed E-state index contributed by atoms with van der Waals surface area (Å²) in [5, 5.41) is 8.02. The number of nitrogens with one attached hydrogen (secondary N) is 3. The monoisotopic (exact) mass is 365 g/mol. The van der Waals surface area contributed by atoms with Gasteiger partial charge in [-0.15, -0.1) is 0 Å². The molecule has 3 heterocycles. The lowest BCUT2D eigenvalue weighted by Gasteiger charge is -2.19. The molecule has 0 saturated heterocycles. The van der Waals surface area contributed by atoms with E-state index in [-0.39, 0.29) is 11.1 Å². The minimum Gasteiger partial charge on any atom is -0.356 e. The topological polar surface area (TPSA) is 104 Å². The van der Waals surface area contributed by atoms with Gasteiger partial charge in [0.25, 0.3) is 5.56 Å². The number of aryl methyl sites for hydroxylation is 1.